The highest BCUT2D eigenvalue weighted by atomic mass is 16.5. The van der Waals surface area contributed by atoms with Crippen LogP contribution < -0.4 is 0 Å². The summed E-state index contributed by atoms with van der Waals surface area (Å²) in [6, 6.07) is 9.28. The maximum absolute atomic E-state index is 11.6. The molecule has 1 rings (SSSR count). The summed E-state index contributed by atoms with van der Waals surface area (Å²) in [5, 5.41) is 0. The Bertz CT molecular complexity index is 381. The Morgan fingerprint density at radius 2 is 2.07 bits per heavy atom. The second-order valence-corrected chi connectivity index (χ2v) is 3.07. The fraction of sp³-hybridized carbons (Fsp3) is 0.273. The predicted molar refractivity (Wildman–Crippen MR) is 55.7 cm³/mol. The molecule has 0 heterocycles. The van der Waals surface area contributed by atoms with E-state index in [2.05, 4.69) is 4.79 Å². The molecule has 0 saturated heterocycles. The molecule has 0 radical (unpaired) electrons. The molecule has 0 bridgehead atoms. The third kappa shape index (κ3) is 3.46. The molecule has 0 aromatic heterocycles. The van der Waals surface area contributed by atoms with E-state index in [0.29, 0.717) is 0 Å². The van der Waals surface area contributed by atoms with E-state index in [1.807, 2.05) is 30.3 Å². The number of rotatable bonds is 5. The standard InChI is InChI=1S/C11H12N2O2/c1-15-8-10(13-12)11(14)7-9-5-3-2-4-6-9/h2-6H,7-8H2,1H3. The van der Waals surface area contributed by atoms with Crippen molar-refractivity contribution in [3.8, 4) is 0 Å². The van der Waals surface area contributed by atoms with Crippen molar-refractivity contribution in [2.45, 2.75) is 6.42 Å². The lowest BCUT2D eigenvalue weighted by molar-refractivity contribution is -0.117. The van der Waals surface area contributed by atoms with Gasteiger partial charge < -0.3 is 10.3 Å². The van der Waals surface area contributed by atoms with Gasteiger partial charge in [0.25, 0.3) is 0 Å². The molecule has 0 fully saturated rings. The number of hydrogen-bond acceptors (Lipinski definition) is 2. The molecule has 0 aliphatic heterocycles. The Morgan fingerprint density at radius 1 is 1.40 bits per heavy atom. The molecular formula is C11H12N2O2. The number of ether oxygens (including phenoxy) is 1. The van der Waals surface area contributed by atoms with Crippen LogP contribution in [0, 0.1) is 0 Å². The molecule has 4 heteroatoms. The monoisotopic (exact) mass is 204 g/mol. The van der Waals surface area contributed by atoms with Gasteiger partial charge >= 0.3 is 5.71 Å². The summed E-state index contributed by atoms with van der Waals surface area (Å²) in [7, 11) is 1.45. The molecule has 0 spiro atoms. The summed E-state index contributed by atoms with van der Waals surface area (Å²) < 4.78 is 4.74. The SMILES string of the molecule is COCC(=[N+]=[N-])C(=O)Cc1ccccc1. The van der Waals surface area contributed by atoms with Gasteiger partial charge in [-0.3, -0.25) is 4.79 Å². The highest BCUT2D eigenvalue weighted by molar-refractivity contribution is 6.38. The molecule has 78 valence electrons. The predicted octanol–water partition coefficient (Wildman–Crippen LogP) is 1.12. The van der Waals surface area contributed by atoms with E-state index >= 15 is 0 Å². The summed E-state index contributed by atoms with van der Waals surface area (Å²) in [4.78, 5) is 14.5. The molecule has 0 aliphatic rings. The minimum atomic E-state index is -0.231. The molecule has 0 saturated carbocycles. The van der Waals surface area contributed by atoms with Crippen molar-refractivity contribution in [3.63, 3.8) is 0 Å². The van der Waals surface area contributed by atoms with Crippen molar-refractivity contribution in [1.29, 1.82) is 0 Å². The van der Waals surface area contributed by atoms with Crippen LogP contribution in [0.4, 0.5) is 0 Å². The van der Waals surface area contributed by atoms with Crippen LogP contribution in [0.1, 0.15) is 5.56 Å². The van der Waals surface area contributed by atoms with E-state index in [4.69, 9.17) is 10.3 Å². The Balaban J connectivity index is 2.67. The molecule has 1 aromatic rings. The van der Waals surface area contributed by atoms with Crippen molar-refractivity contribution >= 4 is 11.5 Å². The van der Waals surface area contributed by atoms with Crippen LogP contribution in [0.5, 0.6) is 0 Å². The summed E-state index contributed by atoms with van der Waals surface area (Å²) in [5.74, 6) is -0.231. The van der Waals surface area contributed by atoms with E-state index in [0.717, 1.165) is 5.56 Å². The Morgan fingerprint density at radius 3 is 2.60 bits per heavy atom. The lowest BCUT2D eigenvalue weighted by Gasteiger charge is -1.97. The van der Waals surface area contributed by atoms with E-state index < -0.39 is 0 Å². The largest absolute Gasteiger partial charge is 0.372 e. The van der Waals surface area contributed by atoms with E-state index in [1.54, 1.807) is 0 Å². The molecule has 0 aliphatic carbocycles. The molecule has 0 unspecified atom stereocenters. The van der Waals surface area contributed by atoms with E-state index in [-0.39, 0.29) is 24.5 Å². The van der Waals surface area contributed by atoms with Gasteiger partial charge in [0, 0.05) is 13.5 Å². The number of carbonyl (C=O) groups is 1. The number of carbonyl (C=O) groups excluding carboxylic acids is 1. The molecular weight excluding hydrogens is 192 g/mol. The Labute approximate surface area is 88.1 Å². The average molecular weight is 204 g/mol. The van der Waals surface area contributed by atoms with Crippen LogP contribution in [0.3, 0.4) is 0 Å². The van der Waals surface area contributed by atoms with Crippen LogP contribution in [-0.2, 0) is 16.0 Å². The third-order valence-corrected chi connectivity index (χ3v) is 1.93. The fourth-order valence-corrected chi connectivity index (χ4v) is 1.19. The maximum atomic E-state index is 11.6. The number of Topliss-reactive ketones (excluding diaryl/α,β-unsaturated/α-hetero) is 1. The molecule has 0 N–H and O–H groups in total. The van der Waals surface area contributed by atoms with Gasteiger partial charge in [0.05, 0.1) is 0 Å². The van der Waals surface area contributed by atoms with E-state index in [1.165, 1.54) is 7.11 Å². The van der Waals surface area contributed by atoms with Crippen molar-refractivity contribution in [1.82, 2.24) is 0 Å². The number of hydrogen-bond donors (Lipinski definition) is 0. The first-order valence-electron chi connectivity index (χ1n) is 4.55. The van der Waals surface area contributed by atoms with Crippen LogP contribution in [0.2, 0.25) is 0 Å². The zero-order valence-corrected chi connectivity index (χ0v) is 8.51. The van der Waals surface area contributed by atoms with Crippen molar-refractivity contribution in [3.05, 3.63) is 41.4 Å². The van der Waals surface area contributed by atoms with Crippen molar-refractivity contribution < 1.29 is 14.3 Å². The van der Waals surface area contributed by atoms with Crippen LogP contribution >= 0.6 is 0 Å². The molecule has 0 amide bonds. The first-order chi connectivity index (χ1) is 7.27. The Hall–Kier alpha value is -1.77. The number of ketones is 1. The highest BCUT2D eigenvalue weighted by Gasteiger charge is 2.19. The molecule has 15 heavy (non-hydrogen) atoms. The first-order valence-corrected chi connectivity index (χ1v) is 4.55. The quantitative estimate of drug-likeness (QED) is 0.410. The van der Waals surface area contributed by atoms with Gasteiger partial charge in [0.15, 0.2) is 6.61 Å². The van der Waals surface area contributed by atoms with Gasteiger partial charge in [-0.2, -0.15) is 4.79 Å². The topological polar surface area (TPSA) is 62.7 Å². The minimum absolute atomic E-state index is 0.0299. The van der Waals surface area contributed by atoms with Gasteiger partial charge in [-0.1, -0.05) is 30.3 Å². The summed E-state index contributed by atoms with van der Waals surface area (Å²) >= 11 is 0. The van der Waals surface area contributed by atoms with Gasteiger partial charge in [-0.05, 0) is 5.56 Å². The smallest absolute Gasteiger partial charge is 0.360 e. The molecule has 0 atom stereocenters. The molecule has 4 nitrogen and oxygen atoms in total. The minimum Gasteiger partial charge on any atom is -0.372 e. The number of methoxy groups -OCH3 is 1. The zero-order chi connectivity index (χ0) is 11.1. The number of benzene rings is 1. The van der Waals surface area contributed by atoms with E-state index in [9.17, 15) is 4.79 Å². The normalized spacial score (nSPS) is 9.40. The second-order valence-electron chi connectivity index (χ2n) is 3.07. The van der Waals surface area contributed by atoms with Crippen LogP contribution in [-0.4, -0.2) is 30.0 Å². The number of nitrogens with zero attached hydrogens (tertiary/aromatic N) is 2. The molecule has 1 aromatic carbocycles. The highest BCUT2D eigenvalue weighted by Crippen LogP contribution is 2.00. The second kappa shape index (κ2) is 5.86. The lowest BCUT2D eigenvalue weighted by atomic mass is 10.1. The van der Waals surface area contributed by atoms with Crippen molar-refractivity contribution in [2.24, 2.45) is 0 Å². The van der Waals surface area contributed by atoms with Gasteiger partial charge in [0.1, 0.15) is 0 Å². The van der Waals surface area contributed by atoms with Crippen LogP contribution in [0.25, 0.3) is 5.53 Å². The van der Waals surface area contributed by atoms with Gasteiger partial charge in [0.2, 0.25) is 5.78 Å². The average Bonchev–Trinajstić information content (AvgIpc) is 2.27. The maximum Gasteiger partial charge on any atom is 0.360 e. The fourth-order valence-electron chi connectivity index (χ4n) is 1.19. The van der Waals surface area contributed by atoms with Crippen LogP contribution in [0.15, 0.2) is 30.3 Å². The summed E-state index contributed by atoms with van der Waals surface area (Å²) in [5.41, 5.74) is 9.52. The first kappa shape index (κ1) is 11.3. The Kier molecular flexibility index (Phi) is 4.41. The lowest BCUT2D eigenvalue weighted by Crippen LogP contribution is -2.22. The summed E-state index contributed by atoms with van der Waals surface area (Å²) in [6.45, 7) is 0.0299. The van der Waals surface area contributed by atoms with Crippen molar-refractivity contribution in [2.75, 3.05) is 13.7 Å². The van der Waals surface area contributed by atoms with Gasteiger partial charge in [-0.15, -0.1) is 0 Å². The zero-order valence-electron chi connectivity index (χ0n) is 8.51. The summed E-state index contributed by atoms with van der Waals surface area (Å²) in [6.07, 6.45) is 0.226. The van der Waals surface area contributed by atoms with Gasteiger partial charge in [-0.25, -0.2) is 0 Å². The third-order valence-electron chi connectivity index (χ3n) is 1.93.